The molecule has 12 nitrogen and oxygen atoms in total. The number of fused-ring (bicyclic) bond motifs is 2. The molecule has 4 amide bonds. The second kappa shape index (κ2) is 21.1. The SMILES string of the molecule is O=C(NCC1CCCO1)C1CCN(C(=O)c2cc3sccc3n2Cc2ccc(Cl)cc2)CC1.O=C(NCc1ccco1)C1CCN(C(=O)c2cc3sccc3n2Cc2ccc(Cl)cc2)CC1. The summed E-state index contributed by atoms with van der Waals surface area (Å²) in [6, 6.07) is 27.2. The minimum atomic E-state index is -0.0895. The smallest absolute Gasteiger partial charge is 0.270 e. The molecule has 8 heterocycles. The zero-order valence-electron chi connectivity index (χ0n) is 36.5. The van der Waals surface area contributed by atoms with Gasteiger partial charge in [-0.05, 0) is 121 Å². The minimum absolute atomic E-state index is 0.0156. The van der Waals surface area contributed by atoms with E-state index in [9.17, 15) is 19.2 Å². The number of ether oxygens (including phenoxy) is 1. The van der Waals surface area contributed by atoms with Crippen molar-refractivity contribution in [1.82, 2.24) is 29.6 Å². The molecule has 0 bridgehead atoms. The molecule has 0 spiro atoms. The van der Waals surface area contributed by atoms with Gasteiger partial charge in [-0.1, -0.05) is 47.5 Å². The molecule has 3 aliphatic heterocycles. The first-order chi connectivity index (χ1) is 32.2. The highest BCUT2D eigenvalue weighted by molar-refractivity contribution is 7.17. The highest BCUT2D eigenvalue weighted by atomic mass is 35.5. The zero-order valence-corrected chi connectivity index (χ0v) is 39.6. The molecule has 2 aromatic carbocycles. The first-order valence-corrected chi connectivity index (χ1v) is 25.1. The van der Waals surface area contributed by atoms with Crippen LogP contribution in [0, 0.1) is 11.8 Å². The van der Waals surface area contributed by atoms with Crippen molar-refractivity contribution >= 4 is 89.9 Å². The van der Waals surface area contributed by atoms with E-state index in [1.54, 1.807) is 35.0 Å². The minimum Gasteiger partial charge on any atom is -0.467 e. The van der Waals surface area contributed by atoms with Gasteiger partial charge in [0.1, 0.15) is 17.1 Å². The largest absolute Gasteiger partial charge is 0.467 e. The van der Waals surface area contributed by atoms with Gasteiger partial charge in [0.15, 0.2) is 0 Å². The van der Waals surface area contributed by atoms with Crippen LogP contribution < -0.4 is 10.6 Å². The van der Waals surface area contributed by atoms with Gasteiger partial charge < -0.3 is 38.7 Å². The van der Waals surface area contributed by atoms with Crippen LogP contribution >= 0.6 is 45.9 Å². The predicted molar refractivity (Wildman–Crippen MR) is 261 cm³/mol. The van der Waals surface area contributed by atoms with Crippen LogP contribution in [0.3, 0.4) is 0 Å². The van der Waals surface area contributed by atoms with Crippen molar-refractivity contribution < 1.29 is 28.3 Å². The lowest BCUT2D eigenvalue weighted by atomic mass is 9.95. The van der Waals surface area contributed by atoms with Crippen LogP contribution in [-0.2, 0) is 34.0 Å². The molecule has 2 N–H and O–H groups in total. The van der Waals surface area contributed by atoms with Gasteiger partial charge in [0, 0.05) is 74.3 Å². The van der Waals surface area contributed by atoms with Crippen LogP contribution in [0.5, 0.6) is 0 Å². The number of halogens is 2. The van der Waals surface area contributed by atoms with E-state index in [0.717, 1.165) is 56.8 Å². The summed E-state index contributed by atoms with van der Waals surface area (Å²) in [5.41, 5.74) is 5.70. The molecular weight excluding hydrogens is 916 g/mol. The number of carbonyl (C=O) groups excluding carboxylic acids is 4. The van der Waals surface area contributed by atoms with Gasteiger partial charge in [0.2, 0.25) is 11.8 Å². The molecule has 3 aliphatic rings. The highest BCUT2D eigenvalue weighted by Gasteiger charge is 2.32. The molecule has 344 valence electrons. The molecule has 0 radical (unpaired) electrons. The van der Waals surface area contributed by atoms with Crippen LogP contribution in [0.2, 0.25) is 10.0 Å². The maximum Gasteiger partial charge on any atom is 0.270 e. The van der Waals surface area contributed by atoms with E-state index in [1.165, 1.54) is 0 Å². The molecule has 1 atom stereocenters. The number of furan rings is 1. The molecule has 66 heavy (non-hydrogen) atoms. The van der Waals surface area contributed by atoms with Crippen molar-refractivity contribution in [3.8, 4) is 0 Å². The summed E-state index contributed by atoms with van der Waals surface area (Å²) in [6.07, 6.45) is 6.52. The molecule has 0 aliphatic carbocycles. The topological polar surface area (TPSA) is 131 Å². The Hall–Kier alpha value is -5.38. The second-order valence-corrected chi connectivity index (χ2v) is 19.9. The Balaban J connectivity index is 0.000000166. The van der Waals surface area contributed by atoms with Gasteiger partial charge in [0.25, 0.3) is 11.8 Å². The molecule has 3 fully saturated rings. The number of benzene rings is 2. The van der Waals surface area contributed by atoms with E-state index >= 15 is 0 Å². The number of likely N-dealkylation sites (tertiary alicyclic amines) is 2. The highest BCUT2D eigenvalue weighted by Crippen LogP contribution is 2.31. The lowest BCUT2D eigenvalue weighted by molar-refractivity contribution is -0.127. The molecule has 3 saturated heterocycles. The van der Waals surface area contributed by atoms with Crippen molar-refractivity contribution in [2.45, 2.75) is 64.3 Å². The van der Waals surface area contributed by atoms with Gasteiger partial charge in [-0.25, -0.2) is 0 Å². The number of hydrogen-bond donors (Lipinski definition) is 2. The molecule has 16 heteroatoms. The number of nitrogens with one attached hydrogen (secondary N) is 2. The Labute approximate surface area is 401 Å². The van der Waals surface area contributed by atoms with Crippen molar-refractivity contribution in [2.75, 3.05) is 39.3 Å². The van der Waals surface area contributed by atoms with Gasteiger partial charge >= 0.3 is 0 Å². The standard InChI is InChI=1S/C25H28ClN3O3S.C25H24ClN3O3S/c2*26-19-5-3-17(4-6-19)16-29-21-9-13-33-23(21)14-22(29)25(31)28-10-7-18(8-11-28)24(30)27-15-20-2-1-12-32-20/h3-6,9,13-14,18,20H,1-2,7-8,10-12,15-16H2,(H,27,30);1-6,9,12-14,18H,7-8,10-11,15-16H2,(H,27,30). The summed E-state index contributed by atoms with van der Waals surface area (Å²) in [5.74, 6) is 0.757. The maximum absolute atomic E-state index is 13.5. The summed E-state index contributed by atoms with van der Waals surface area (Å²) >= 11 is 15.4. The molecule has 10 rings (SSSR count). The van der Waals surface area contributed by atoms with Gasteiger partial charge in [-0.3, -0.25) is 19.2 Å². The fourth-order valence-electron chi connectivity index (χ4n) is 9.10. The van der Waals surface area contributed by atoms with Crippen LogP contribution in [-0.4, -0.2) is 88.0 Å². The third-order valence-electron chi connectivity index (χ3n) is 12.8. The number of nitrogens with zero attached hydrogens (tertiary/aromatic N) is 4. The van der Waals surface area contributed by atoms with Crippen molar-refractivity contribution in [3.05, 3.63) is 140 Å². The van der Waals surface area contributed by atoms with Crippen molar-refractivity contribution in [3.63, 3.8) is 0 Å². The Morgan fingerprint density at radius 2 is 1.14 bits per heavy atom. The van der Waals surface area contributed by atoms with E-state index in [4.69, 9.17) is 32.4 Å². The number of aromatic nitrogens is 2. The van der Waals surface area contributed by atoms with Crippen LogP contribution in [0.4, 0.5) is 0 Å². The average molecular weight is 968 g/mol. The van der Waals surface area contributed by atoms with E-state index in [-0.39, 0.29) is 41.6 Å². The van der Waals surface area contributed by atoms with Crippen LogP contribution in [0.1, 0.15) is 76.4 Å². The number of rotatable bonds is 12. The summed E-state index contributed by atoms with van der Waals surface area (Å²) in [6.45, 7) is 5.30. The fourth-order valence-corrected chi connectivity index (χ4v) is 11.0. The van der Waals surface area contributed by atoms with E-state index in [0.29, 0.717) is 99.5 Å². The quantitative estimate of drug-likeness (QED) is 0.125. The Morgan fingerprint density at radius 3 is 1.59 bits per heavy atom. The zero-order chi connectivity index (χ0) is 45.6. The number of hydrogen-bond acceptors (Lipinski definition) is 8. The molecule has 7 aromatic rings. The Morgan fingerprint density at radius 1 is 0.636 bits per heavy atom. The summed E-state index contributed by atoms with van der Waals surface area (Å²) < 4.78 is 17.2. The lowest BCUT2D eigenvalue weighted by Crippen LogP contribution is -2.44. The van der Waals surface area contributed by atoms with E-state index in [2.05, 4.69) is 37.3 Å². The Kier molecular flexibility index (Phi) is 14.6. The van der Waals surface area contributed by atoms with E-state index in [1.807, 2.05) is 81.9 Å². The second-order valence-electron chi connectivity index (χ2n) is 17.1. The fraction of sp³-hybridized carbons (Fsp3) is 0.360. The van der Waals surface area contributed by atoms with Crippen molar-refractivity contribution in [1.29, 1.82) is 0 Å². The first-order valence-electron chi connectivity index (χ1n) is 22.6. The number of carbonyl (C=O) groups is 4. The summed E-state index contributed by atoms with van der Waals surface area (Å²) in [5, 5.41) is 11.5. The normalized spacial score (nSPS) is 17.0. The molecule has 5 aromatic heterocycles. The average Bonchev–Trinajstić information content (AvgIpc) is 4.22. The van der Waals surface area contributed by atoms with Gasteiger partial charge in [-0.15, -0.1) is 22.7 Å². The van der Waals surface area contributed by atoms with Crippen LogP contribution in [0.25, 0.3) is 20.4 Å². The molecular formula is C50H52Cl2N6O6S2. The molecule has 0 saturated carbocycles. The number of thiophene rings is 2. The third kappa shape index (κ3) is 10.7. The lowest BCUT2D eigenvalue weighted by Gasteiger charge is -2.31. The number of piperidine rings is 2. The number of amides is 4. The van der Waals surface area contributed by atoms with Crippen molar-refractivity contribution in [2.24, 2.45) is 11.8 Å². The predicted octanol–water partition coefficient (Wildman–Crippen LogP) is 9.72. The summed E-state index contributed by atoms with van der Waals surface area (Å²) in [4.78, 5) is 55.8. The summed E-state index contributed by atoms with van der Waals surface area (Å²) in [7, 11) is 0. The van der Waals surface area contributed by atoms with Crippen LogP contribution in [0.15, 0.2) is 106 Å². The molecule has 1 unspecified atom stereocenters. The van der Waals surface area contributed by atoms with E-state index < -0.39 is 0 Å². The monoisotopic (exact) mass is 966 g/mol. The van der Waals surface area contributed by atoms with Gasteiger partial charge in [0.05, 0.1) is 39.3 Å². The maximum atomic E-state index is 13.5. The van der Waals surface area contributed by atoms with Gasteiger partial charge in [-0.2, -0.15) is 0 Å². The Bertz CT molecular complexity index is 2760. The third-order valence-corrected chi connectivity index (χ3v) is 15.1. The first kappa shape index (κ1) is 45.8.